The zero-order chi connectivity index (χ0) is 15.2. The average Bonchev–Trinajstić information content (AvgIpc) is 2.51. The van der Waals surface area contributed by atoms with E-state index >= 15 is 0 Å². The molecule has 0 amide bonds. The van der Waals surface area contributed by atoms with E-state index in [1.54, 1.807) is 7.11 Å². The number of aliphatic hydroxyl groups is 1. The van der Waals surface area contributed by atoms with Crippen LogP contribution in [0.1, 0.15) is 22.8 Å². The first-order valence-corrected chi connectivity index (χ1v) is 6.92. The van der Waals surface area contributed by atoms with E-state index in [9.17, 15) is 10.2 Å². The summed E-state index contributed by atoms with van der Waals surface area (Å²) in [5.41, 5.74) is 2.48. The number of ether oxygens (including phenoxy) is 1. The maximum absolute atomic E-state index is 10.2. The molecule has 0 saturated heterocycles. The van der Waals surface area contributed by atoms with Gasteiger partial charge in [0.2, 0.25) is 0 Å². The molecular formula is C17H21NO3. The molecule has 0 fully saturated rings. The Morgan fingerprint density at radius 1 is 1.19 bits per heavy atom. The Hall–Kier alpha value is -2.04. The molecule has 0 aliphatic rings. The zero-order valence-electron chi connectivity index (χ0n) is 12.3. The molecule has 21 heavy (non-hydrogen) atoms. The molecule has 2 rings (SSSR count). The van der Waals surface area contributed by atoms with Gasteiger partial charge in [-0.15, -0.1) is 0 Å². The standard InChI is InChI=1S/C17H21NO3/c1-12-5-3-7-14(17(12)20)10-18-11-16(19)13-6-4-8-15(9-13)21-2/h3-9,16,18-20H,10-11H2,1-2H3. The molecule has 0 aromatic heterocycles. The largest absolute Gasteiger partial charge is 0.507 e. The first kappa shape index (κ1) is 15.4. The molecule has 3 N–H and O–H groups in total. The summed E-state index contributed by atoms with van der Waals surface area (Å²) in [5, 5.41) is 23.2. The number of benzene rings is 2. The molecule has 0 aliphatic carbocycles. The summed E-state index contributed by atoms with van der Waals surface area (Å²) in [7, 11) is 1.60. The minimum Gasteiger partial charge on any atom is -0.507 e. The van der Waals surface area contributed by atoms with Crippen LogP contribution in [0.4, 0.5) is 0 Å². The number of hydrogen-bond acceptors (Lipinski definition) is 4. The van der Waals surface area contributed by atoms with Gasteiger partial charge in [-0.3, -0.25) is 0 Å². The van der Waals surface area contributed by atoms with E-state index in [0.717, 1.165) is 22.4 Å². The summed E-state index contributed by atoms with van der Waals surface area (Å²) in [6.45, 7) is 2.78. The van der Waals surface area contributed by atoms with Crippen molar-refractivity contribution >= 4 is 0 Å². The summed E-state index contributed by atoms with van der Waals surface area (Å²) >= 11 is 0. The first-order chi connectivity index (χ1) is 10.1. The lowest BCUT2D eigenvalue weighted by Gasteiger charge is -2.14. The molecule has 0 saturated carbocycles. The Morgan fingerprint density at radius 3 is 2.71 bits per heavy atom. The summed E-state index contributed by atoms with van der Waals surface area (Å²) < 4.78 is 5.14. The van der Waals surface area contributed by atoms with Crippen molar-refractivity contribution in [2.45, 2.75) is 19.6 Å². The lowest BCUT2D eigenvalue weighted by molar-refractivity contribution is 0.174. The van der Waals surface area contributed by atoms with Crippen LogP contribution in [0, 0.1) is 6.92 Å². The third-order valence-corrected chi connectivity index (χ3v) is 3.45. The van der Waals surface area contributed by atoms with Gasteiger partial charge in [-0.2, -0.15) is 0 Å². The summed E-state index contributed by atoms with van der Waals surface area (Å²) in [6.07, 6.45) is -0.618. The highest BCUT2D eigenvalue weighted by atomic mass is 16.5. The van der Waals surface area contributed by atoms with E-state index < -0.39 is 6.10 Å². The molecule has 1 unspecified atom stereocenters. The average molecular weight is 287 g/mol. The van der Waals surface area contributed by atoms with Gasteiger partial charge in [0.05, 0.1) is 13.2 Å². The molecule has 4 nitrogen and oxygen atoms in total. The van der Waals surface area contributed by atoms with E-state index in [4.69, 9.17) is 4.74 Å². The molecule has 112 valence electrons. The second-order valence-corrected chi connectivity index (χ2v) is 5.01. The van der Waals surface area contributed by atoms with Crippen LogP contribution in [0.2, 0.25) is 0 Å². The number of aliphatic hydroxyl groups excluding tert-OH is 1. The number of methoxy groups -OCH3 is 1. The van der Waals surface area contributed by atoms with Crippen LogP contribution in [-0.2, 0) is 6.54 Å². The molecule has 2 aromatic rings. The van der Waals surface area contributed by atoms with Gasteiger partial charge >= 0.3 is 0 Å². The van der Waals surface area contributed by atoms with Gasteiger partial charge in [0.25, 0.3) is 0 Å². The van der Waals surface area contributed by atoms with Gasteiger partial charge in [0, 0.05) is 18.7 Å². The minimum absolute atomic E-state index is 0.306. The lowest BCUT2D eigenvalue weighted by atomic mass is 10.1. The molecule has 1 atom stereocenters. The number of rotatable bonds is 6. The van der Waals surface area contributed by atoms with Crippen LogP contribution in [0.15, 0.2) is 42.5 Å². The van der Waals surface area contributed by atoms with E-state index in [1.807, 2.05) is 49.4 Å². The number of nitrogens with one attached hydrogen (secondary N) is 1. The highest BCUT2D eigenvalue weighted by Gasteiger charge is 2.09. The first-order valence-electron chi connectivity index (χ1n) is 6.92. The minimum atomic E-state index is -0.618. The smallest absolute Gasteiger partial charge is 0.122 e. The van der Waals surface area contributed by atoms with Gasteiger partial charge in [0.1, 0.15) is 11.5 Å². The lowest BCUT2D eigenvalue weighted by Crippen LogP contribution is -2.21. The maximum atomic E-state index is 10.2. The van der Waals surface area contributed by atoms with E-state index in [-0.39, 0.29) is 0 Å². The number of hydrogen-bond donors (Lipinski definition) is 3. The molecular weight excluding hydrogens is 266 g/mol. The fourth-order valence-electron chi connectivity index (χ4n) is 2.17. The van der Waals surface area contributed by atoms with E-state index in [0.29, 0.717) is 18.8 Å². The van der Waals surface area contributed by atoms with Crippen LogP contribution in [0.3, 0.4) is 0 Å². The van der Waals surface area contributed by atoms with E-state index in [1.165, 1.54) is 0 Å². The monoisotopic (exact) mass is 287 g/mol. The van der Waals surface area contributed by atoms with Gasteiger partial charge in [-0.1, -0.05) is 30.3 Å². The molecule has 0 radical (unpaired) electrons. The van der Waals surface area contributed by atoms with Crippen molar-refractivity contribution in [1.29, 1.82) is 0 Å². The molecule has 2 aromatic carbocycles. The highest BCUT2D eigenvalue weighted by molar-refractivity contribution is 5.39. The van der Waals surface area contributed by atoms with Crippen LogP contribution in [0.25, 0.3) is 0 Å². The van der Waals surface area contributed by atoms with Gasteiger partial charge in [-0.05, 0) is 30.2 Å². The van der Waals surface area contributed by atoms with Crippen molar-refractivity contribution in [3.8, 4) is 11.5 Å². The Bertz CT molecular complexity index is 598. The molecule has 0 heterocycles. The molecule has 0 bridgehead atoms. The Kier molecular flexibility index (Phi) is 5.20. The van der Waals surface area contributed by atoms with Gasteiger partial charge in [0.15, 0.2) is 0 Å². The Labute approximate surface area is 125 Å². The van der Waals surface area contributed by atoms with Crippen LogP contribution in [0.5, 0.6) is 11.5 Å². The normalized spacial score (nSPS) is 12.1. The van der Waals surface area contributed by atoms with Crippen molar-refractivity contribution in [3.63, 3.8) is 0 Å². The third kappa shape index (κ3) is 3.97. The number of phenols is 1. The Morgan fingerprint density at radius 2 is 1.95 bits per heavy atom. The number of aromatic hydroxyl groups is 1. The summed E-state index contributed by atoms with van der Waals surface area (Å²) in [4.78, 5) is 0. The third-order valence-electron chi connectivity index (χ3n) is 3.45. The van der Waals surface area contributed by atoms with Crippen LogP contribution in [-0.4, -0.2) is 23.9 Å². The predicted octanol–water partition coefficient (Wildman–Crippen LogP) is 2.53. The van der Waals surface area contributed by atoms with Gasteiger partial charge < -0.3 is 20.3 Å². The van der Waals surface area contributed by atoms with Crippen molar-refractivity contribution in [1.82, 2.24) is 5.32 Å². The zero-order valence-corrected chi connectivity index (χ0v) is 12.3. The second-order valence-electron chi connectivity index (χ2n) is 5.01. The van der Waals surface area contributed by atoms with Crippen molar-refractivity contribution < 1.29 is 14.9 Å². The fourth-order valence-corrected chi connectivity index (χ4v) is 2.17. The number of phenolic OH excluding ortho intramolecular Hbond substituents is 1. The van der Waals surface area contributed by atoms with Crippen molar-refractivity contribution in [2.75, 3.05) is 13.7 Å². The summed E-state index contributed by atoms with van der Waals surface area (Å²) in [6, 6.07) is 13.0. The van der Waals surface area contributed by atoms with Crippen molar-refractivity contribution in [3.05, 3.63) is 59.2 Å². The van der Waals surface area contributed by atoms with Gasteiger partial charge in [-0.25, -0.2) is 0 Å². The number of para-hydroxylation sites is 1. The predicted molar refractivity (Wildman–Crippen MR) is 82.5 cm³/mol. The van der Waals surface area contributed by atoms with E-state index in [2.05, 4.69) is 5.32 Å². The second kappa shape index (κ2) is 7.11. The quantitative estimate of drug-likeness (QED) is 0.764. The fraction of sp³-hybridized carbons (Fsp3) is 0.294. The molecule has 0 aliphatic heterocycles. The highest BCUT2D eigenvalue weighted by Crippen LogP contribution is 2.22. The molecule has 4 heteroatoms. The topological polar surface area (TPSA) is 61.7 Å². The SMILES string of the molecule is COc1cccc(C(O)CNCc2cccc(C)c2O)c1. The van der Waals surface area contributed by atoms with Crippen molar-refractivity contribution in [2.24, 2.45) is 0 Å². The maximum Gasteiger partial charge on any atom is 0.122 e. The van der Waals surface area contributed by atoms with Crippen LogP contribution >= 0.6 is 0 Å². The summed E-state index contributed by atoms with van der Waals surface area (Å²) in [5.74, 6) is 1.03. The van der Waals surface area contributed by atoms with Crippen LogP contribution < -0.4 is 10.1 Å². The Balaban J connectivity index is 1.92. The number of aryl methyl sites for hydroxylation is 1. The molecule has 0 spiro atoms.